The largest absolute Gasteiger partial charge is 0.462 e. The number of nitrogens with zero attached hydrogens (tertiary/aromatic N) is 2. The number of allylic oxidation sites excluding steroid dienone is 1. The lowest BCUT2D eigenvalue weighted by Crippen LogP contribution is -2.67. The van der Waals surface area contributed by atoms with Gasteiger partial charge in [-0.25, -0.2) is 4.98 Å². The zero-order valence-electron chi connectivity index (χ0n) is 41.3. The van der Waals surface area contributed by atoms with Crippen molar-refractivity contribution in [2.45, 2.75) is 158 Å². The molecule has 3 aromatic rings. The number of benzene rings is 2. The highest BCUT2D eigenvalue weighted by molar-refractivity contribution is 5.85. The molecule has 0 spiro atoms. The van der Waals surface area contributed by atoms with Gasteiger partial charge in [-0.2, -0.15) is 0 Å². The third kappa shape index (κ3) is 6.77. The first-order valence-electron chi connectivity index (χ1n) is 25.8. The first-order chi connectivity index (χ1) is 31.4. The van der Waals surface area contributed by atoms with E-state index in [1.54, 1.807) is 0 Å². The topological polar surface area (TPSA) is 102 Å². The number of likely N-dealkylation sites (tertiary alicyclic amines) is 1. The number of fused-ring (bicyclic) bond motifs is 7. The molecular weight excluding hydrogens is 819 g/mol. The molecular formula is C58H77N3O5. The first-order valence-corrected chi connectivity index (χ1v) is 25.8. The normalized spacial score (nSPS) is 39.6. The Kier molecular flexibility index (Phi) is 11.2. The molecule has 2 aromatic carbocycles. The summed E-state index contributed by atoms with van der Waals surface area (Å²) in [6.45, 7) is 24.7. The van der Waals surface area contributed by atoms with Crippen LogP contribution >= 0.6 is 0 Å². The molecule has 1 N–H and O–H groups in total. The summed E-state index contributed by atoms with van der Waals surface area (Å²) in [4.78, 5) is 53.8. The van der Waals surface area contributed by atoms with Crippen LogP contribution in [-0.2, 0) is 30.5 Å². The maximum absolute atomic E-state index is 15.6. The molecule has 8 heteroatoms. The summed E-state index contributed by atoms with van der Waals surface area (Å²) in [6.07, 6.45) is 14.8. The van der Waals surface area contributed by atoms with E-state index in [1.807, 2.05) is 56.4 Å². The number of hydrogen-bond donors (Lipinski definition) is 1. The van der Waals surface area contributed by atoms with Gasteiger partial charge in [0.25, 0.3) is 0 Å². The lowest BCUT2D eigenvalue weighted by atomic mass is 9.32. The summed E-state index contributed by atoms with van der Waals surface area (Å²) < 4.78 is 12.4. The molecule has 1 amide bonds. The number of ether oxygens (including phenoxy) is 2. The Hall–Kier alpha value is -4.20. The van der Waals surface area contributed by atoms with Crippen LogP contribution in [0.15, 0.2) is 79.0 Å². The van der Waals surface area contributed by atoms with E-state index in [1.165, 1.54) is 18.4 Å². The molecule has 2 heterocycles. The van der Waals surface area contributed by atoms with E-state index < -0.39 is 5.41 Å². The molecule has 5 unspecified atom stereocenters. The zero-order chi connectivity index (χ0) is 46.6. The van der Waals surface area contributed by atoms with Crippen LogP contribution in [0, 0.1) is 73.9 Å². The fourth-order valence-electron chi connectivity index (χ4n) is 17.3. The highest BCUT2D eigenvalue weighted by Gasteiger charge is 2.72. The van der Waals surface area contributed by atoms with Crippen LogP contribution in [0.4, 0.5) is 0 Å². The number of nitrogens with one attached hydrogen (secondary N) is 1. The van der Waals surface area contributed by atoms with Crippen molar-refractivity contribution in [3.05, 3.63) is 90.4 Å². The number of hydrogen-bond acceptors (Lipinski definition) is 6. The minimum Gasteiger partial charge on any atom is -0.462 e. The molecule has 1 aliphatic heterocycles. The Labute approximate surface area is 394 Å². The second kappa shape index (κ2) is 16.2. The third-order valence-electron chi connectivity index (χ3n) is 21.3. The van der Waals surface area contributed by atoms with Crippen LogP contribution in [0.3, 0.4) is 0 Å². The highest BCUT2D eigenvalue weighted by atomic mass is 16.5. The van der Waals surface area contributed by atoms with Gasteiger partial charge >= 0.3 is 11.9 Å². The molecule has 1 saturated heterocycles. The molecule has 354 valence electrons. The van der Waals surface area contributed by atoms with Crippen molar-refractivity contribution in [1.29, 1.82) is 0 Å². The Morgan fingerprint density at radius 1 is 0.758 bits per heavy atom. The van der Waals surface area contributed by atoms with E-state index in [0.29, 0.717) is 41.9 Å². The molecule has 7 fully saturated rings. The summed E-state index contributed by atoms with van der Waals surface area (Å²) in [5.74, 6) is 2.41. The molecule has 1 aromatic heterocycles. The molecule has 13 atom stereocenters. The number of carbonyl (C=O) groups excluding carboxylic acids is 3. The minimum atomic E-state index is -0.522. The number of imidazole rings is 1. The number of aromatic amines is 1. The monoisotopic (exact) mass is 896 g/mol. The molecule has 6 aliphatic carbocycles. The summed E-state index contributed by atoms with van der Waals surface area (Å²) in [5, 5.41) is 0. The van der Waals surface area contributed by atoms with Crippen molar-refractivity contribution in [1.82, 2.24) is 14.9 Å². The molecule has 7 aliphatic rings. The summed E-state index contributed by atoms with van der Waals surface area (Å²) in [7, 11) is 0. The predicted octanol–water partition coefficient (Wildman–Crippen LogP) is 12.7. The average molecular weight is 896 g/mol. The van der Waals surface area contributed by atoms with Gasteiger partial charge in [-0.05, 0) is 153 Å². The van der Waals surface area contributed by atoms with Crippen LogP contribution in [0.2, 0.25) is 0 Å². The quantitative estimate of drug-likeness (QED) is 0.170. The Bertz CT molecular complexity index is 2350. The molecule has 0 radical (unpaired) electrons. The van der Waals surface area contributed by atoms with Crippen molar-refractivity contribution in [2.75, 3.05) is 6.54 Å². The van der Waals surface area contributed by atoms with E-state index in [9.17, 15) is 9.59 Å². The fraction of sp³-hybridized carbons (Fsp3) is 0.655. The molecule has 10 rings (SSSR count). The summed E-state index contributed by atoms with van der Waals surface area (Å²) >= 11 is 0. The molecule has 66 heavy (non-hydrogen) atoms. The van der Waals surface area contributed by atoms with Gasteiger partial charge < -0.3 is 19.4 Å². The average Bonchev–Trinajstić information content (AvgIpc) is 4.07. The van der Waals surface area contributed by atoms with Crippen LogP contribution in [0.5, 0.6) is 0 Å². The van der Waals surface area contributed by atoms with Gasteiger partial charge in [0.1, 0.15) is 18.5 Å². The molecule has 0 bridgehead atoms. The summed E-state index contributed by atoms with van der Waals surface area (Å²) in [5.41, 5.74) is 3.64. The van der Waals surface area contributed by atoms with Crippen LogP contribution in [0.25, 0.3) is 11.3 Å². The van der Waals surface area contributed by atoms with Crippen LogP contribution in [0.1, 0.15) is 156 Å². The van der Waals surface area contributed by atoms with E-state index in [-0.39, 0.29) is 69.6 Å². The SMILES string of the molecule is C=C(C)[C@@H]1CC[C@]2(C(=O)N3CCC[C@@H]3c3ncc(-c4ccccc4)[nH]3)CC[C@]3(C)[C@H](CCC4[C@@]5(C)CC[C@H](OC(=O)C6CC(C(=O)OCc7ccccc7)C6(C)C)C(C)(C)C5CC[C@]43C)C12. The van der Waals surface area contributed by atoms with E-state index in [0.717, 1.165) is 93.4 Å². The van der Waals surface area contributed by atoms with Crippen molar-refractivity contribution >= 4 is 17.8 Å². The summed E-state index contributed by atoms with van der Waals surface area (Å²) in [6, 6.07) is 20.1. The van der Waals surface area contributed by atoms with E-state index >= 15 is 4.79 Å². The Balaban J connectivity index is 0.849. The number of esters is 2. The van der Waals surface area contributed by atoms with E-state index in [2.05, 4.69) is 82.3 Å². The number of aromatic nitrogens is 2. The lowest BCUT2D eigenvalue weighted by Gasteiger charge is -2.73. The van der Waals surface area contributed by atoms with Crippen LogP contribution < -0.4 is 0 Å². The van der Waals surface area contributed by atoms with Gasteiger partial charge in [-0.15, -0.1) is 0 Å². The minimum absolute atomic E-state index is 0.0190. The van der Waals surface area contributed by atoms with Gasteiger partial charge in [-0.3, -0.25) is 14.4 Å². The number of amides is 1. The van der Waals surface area contributed by atoms with Gasteiger partial charge in [0.15, 0.2) is 0 Å². The maximum atomic E-state index is 15.6. The standard InChI is InChI=1S/C58H77N3O5/c1-36(2)39-24-29-58(52(64)61-32-16-21-44(61)49-59-34-43(60-49)38-19-14-11-15-20-38)31-30-56(8)40(48(39)58)22-23-46-55(7)27-26-47(54(5,6)45(55)25-28-57(46,56)9)66-51(63)42-33-41(53(42,3)4)50(62)65-35-37-17-12-10-13-18-37/h10-15,17-20,34,39-42,44-48H,1,16,21-33,35H2,2-9H3,(H,59,60)/t39-,40+,41?,42?,44+,45?,46?,47-,48?,55-,56+,57+,58-/m0/s1. The van der Waals surface area contributed by atoms with Gasteiger partial charge in [0, 0.05) is 12.0 Å². The predicted molar refractivity (Wildman–Crippen MR) is 258 cm³/mol. The van der Waals surface area contributed by atoms with Crippen molar-refractivity contribution < 1.29 is 23.9 Å². The molecule has 8 nitrogen and oxygen atoms in total. The Morgan fingerprint density at radius 2 is 1.47 bits per heavy atom. The lowest BCUT2D eigenvalue weighted by molar-refractivity contribution is -0.251. The number of rotatable bonds is 9. The highest BCUT2D eigenvalue weighted by Crippen LogP contribution is 2.78. The smallest absolute Gasteiger partial charge is 0.309 e. The third-order valence-corrected chi connectivity index (χ3v) is 21.3. The van der Waals surface area contributed by atoms with Crippen LogP contribution in [-0.4, -0.2) is 45.4 Å². The van der Waals surface area contributed by atoms with Crippen molar-refractivity contribution in [3.63, 3.8) is 0 Å². The van der Waals surface area contributed by atoms with E-state index in [4.69, 9.17) is 14.5 Å². The maximum Gasteiger partial charge on any atom is 0.309 e. The fourth-order valence-corrected chi connectivity index (χ4v) is 17.3. The first kappa shape index (κ1) is 45.6. The van der Waals surface area contributed by atoms with Crippen molar-refractivity contribution in [3.8, 4) is 11.3 Å². The number of H-pyrrole nitrogens is 1. The number of carbonyl (C=O) groups is 3. The Morgan fingerprint density at radius 3 is 2.18 bits per heavy atom. The zero-order valence-corrected chi connectivity index (χ0v) is 41.3. The van der Waals surface area contributed by atoms with Crippen molar-refractivity contribution in [2.24, 2.45) is 73.9 Å². The van der Waals surface area contributed by atoms with Gasteiger partial charge in [0.2, 0.25) is 5.91 Å². The second-order valence-electron chi connectivity index (χ2n) is 24.6. The van der Waals surface area contributed by atoms with Gasteiger partial charge in [0.05, 0.1) is 35.2 Å². The second-order valence-corrected chi connectivity index (χ2v) is 24.6. The molecule has 6 saturated carbocycles. The van der Waals surface area contributed by atoms with Gasteiger partial charge in [-0.1, -0.05) is 121 Å².